The van der Waals surface area contributed by atoms with Gasteiger partial charge in [-0.25, -0.2) is 0 Å². The Bertz CT molecular complexity index is 488. The summed E-state index contributed by atoms with van der Waals surface area (Å²) in [5.74, 6) is 0. The largest absolute Gasteiger partial charge is 0.418 e. The van der Waals surface area contributed by atoms with Gasteiger partial charge in [-0.3, -0.25) is 0 Å². The topological polar surface area (TPSA) is 32.5 Å². The number of piperazine rings is 1. The molecule has 2 N–H and O–H groups in total. The number of benzene rings is 1. The average molecular weight is 301 g/mol. The molecule has 118 valence electrons. The van der Waals surface area contributed by atoms with E-state index in [1.807, 2.05) is 18.9 Å². The molecule has 21 heavy (non-hydrogen) atoms. The smallest absolute Gasteiger partial charge is 0.366 e. The van der Waals surface area contributed by atoms with Gasteiger partial charge in [0.2, 0.25) is 0 Å². The van der Waals surface area contributed by atoms with E-state index < -0.39 is 11.7 Å². The van der Waals surface area contributed by atoms with Crippen LogP contribution in [0.25, 0.3) is 0 Å². The number of likely N-dealkylation sites (N-methyl/N-ethyl adjacent to an activating group) is 1. The maximum atomic E-state index is 13.4. The Morgan fingerprint density at radius 2 is 2.00 bits per heavy atom. The van der Waals surface area contributed by atoms with E-state index in [1.54, 1.807) is 12.1 Å². The van der Waals surface area contributed by atoms with Gasteiger partial charge in [-0.15, -0.1) is 0 Å². The predicted octanol–water partition coefficient (Wildman–Crippen LogP) is 2.35. The van der Waals surface area contributed by atoms with E-state index in [4.69, 9.17) is 5.73 Å². The third-order valence-corrected chi connectivity index (χ3v) is 3.94. The maximum absolute atomic E-state index is 13.4. The number of nitrogens with zero attached hydrogens (tertiary/aromatic N) is 2. The highest BCUT2D eigenvalue weighted by atomic mass is 19.4. The Morgan fingerprint density at radius 3 is 2.57 bits per heavy atom. The molecule has 0 amide bonds. The molecule has 1 aromatic rings. The Morgan fingerprint density at radius 1 is 1.29 bits per heavy atom. The van der Waals surface area contributed by atoms with Crippen LogP contribution in [0.1, 0.15) is 18.1 Å². The highest BCUT2D eigenvalue weighted by molar-refractivity contribution is 5.57. The number of hydrogen-bond donors (Lipinski definition) is 1. The van der Waals surface area contributed by atoms with Gasteiger partial charge in [-0.2, -0.15) is 13.2 Å². The summed E-state index contributed by atoms with van der Waals surface area (Å²) < 4.78 is 40.1. The van der Waals surface area contributed by atoms with Gasteiger partial charge in [0.05, 0.1) is 5.56 Å². The number of nitrogens with two attached hydrogens (primary N) is 1. The zero-order valence-corrected chi connectivity index (χ0v) is 12.5. The Hall–Kier alpha value is -1.27. The van der Waals surface area contributed by atoms with Crippen molar-refractivity contribution in [3.05, 3.63) is 29.3 Å². The Balaban J connectivity index is 2.38. The van der Waals surface area contributed by atoms with E-state index in [-0.39, 0.29) is 11.7 Å². The minimum atomic E-state index is -4.34. The number of alkyl halides is 3. The molecule has 0 saturated carbocycles. The molecule has 1 aliphatic heterocycles. The fraction of sp³-hybridized carbons (Fsp3) is 0.600. The van der Waals surface area contributed by atoms with Crippen LogP contribution in [0.3, 0.4) is 0 Å². The minimum absolute atomic E-state index is 0.0604. The lowest BCUT2D eigenvalue weighted by molar-refractivity contribution is -0.137. The number of rotatable bonds is 3. The van der Waals surface area contributed by atoms with Crippen LogP contribution in [0.2, 0.25) is 0 Å². The first kappa shape index (κ1) is 16.1. The molecule has 1 fully saturated rings. The van der Waals surface area contributed by atoms with E-state index in [0.717, 1.165) is 13.1 Å². The molecule has 0 radical (unpaired) electrons. The molecule has 0 aliphatic carbocycles. The van der Waals surface area contributed by atoms with Crippen molar-refractivity contribution in [1.82, 2.24) is 4.90 Å². The lowest BCUT2D eigenvalue weighted by Gasteiger charge is -2.40. The van der Waals surface area contributed by atoms with Gasteiger partial charge >= 0.3 is 6.18 Å². The van der Waals surface area contributed by atoms with Crippen molar-refractivity contribution in [3.8, 4) is 0 Å². The zero-order valence-electron chi connectivity index (χ0n) is 12.5. The van der Waals surface area contributed by atoms with E-state index in [9.17, 15) is 13.2 Å². The number of halogens is 3. The van der Waals surface area contributed by atoms with Crippen molar-refractivity contribution in [2.75, 3.05) is 38.1 Å². The second kappa shape index (κ2) is 6.23. The van der Waals surface area contributed by atoms with Crippen molar-refractivity contribution in [2.24, 2.45) is 5.73 Å². The second-order valence-corrected chi connectivity index (χ2v) is 5.69. The van der Waals surface area contributed by atoms with Gasteiger partial charge in [0.15, 0.2) is 0 Å². The van der Waals surface area contributed by atoms with E-state index in [0.29, 0.717) is 25.1 Å². The van der Waals surface area contributed by atoms with Crippen LogP contribution in [0.15, 0.2) is 18.2 Å². The second-order valence-electron chi connectivity index (χ2n) is 5.69. The molecule has 1 atom stereocenters. The Labute approximate surface area is 123 Å². The molecule has 1 saturated heterocycles. The Kier molecular flexibility index (Phi) is 4.78. The van der Waals surface area contributed by atoms with E-state index in [1.165, 1.54) is 6.07 Å². The first-order chi connectivity index (χ1) is 9.82. The lowest BCUT2D eigenvalue weighted by Crippen LogP contribution is -2.51. The van der Waals surface area contributed by atoms with Gasteiger partial charge in [0.1, 0.15) is 0 Å². The summed E-state index contributed by atoms with van der Waals surface area (Å²) in [5, 5.41) is 0. The summed E-state index contributed by atoms with van der Waals surface area (Å²) in [6.45, 7) is 4.45. The third kappa shape index (κ3) is 3.68. The van der Waals surface area contributed by atoms with Crippen molar-refractivity contribution >= 4 is 5.69 Å². The summed E-state index contributed by atoms with van der Waals surface area (Å²) in [4.78, 5) is 3.99. The standard InChI is InChI=1S/C15H22F3N3/c1-11-10-20(2)7-8-21(11)14-4-3-12(5-6-19)9-13(14)15(16,17)18/h3-4,9,11H,5-8,10,19H2,1-2H3. The minimum Gasteiger partial charge on any atom is -0.366 e. The summed E-state index contributed by atoms with van der Waals surface area (Å²) in [6.07, 6.45) is -3.88. The molecule has 2 rings (SSSR count). The molecule has 1 aromatic carbocycles. The molecular formula is C15H22F3N3. The highest BCUT2D eigenvalue weighted by Gasteiger charge is 2.36. The molecule has 0 spiro atoms. The van der Waals surface area contributed by atoms with Crippen LogP contribution in [0, 0.1) is 0 Å². The maximum Gasteiger partial charge on any atom is 0.418 e. The van der Waals surface area contributed by atoms with Crippen LogP contribution in [0.5, 0.6) is 0 Å². The molecule has 6 heteroatoms. The molecular weight excluding hydrogens is 279 g/mol. The quantitative estimate of drug-likeness (QED) is 0.930. The zero-order chi connectivity index (χ0) is 15.6. The van der Waals surface area contributed by atoms with Crippen LogP contribution in [-0.4, -0.2) is 44.2 Å². The summed E-state index contributed by atoms with van der Waals surface area (Å²) in [5.41, 5.74) is 5.81. The average Bonchev–Trinajstić information content (AvgIpc) is 2.38. The fourth-order valence-corrected chi connectivity index (χ4v) is 2.88. The van der Waals surface area contributed by atoms with Crippen molar-refractivity contribution < 1.29 is 13.2 Å². The first-order valence-corrected chi connectivity index (χ1v) is 7.18. The molecule has 1 unspecified atom stereocenters. The van der Waals surface area contributed by atoms with E-state index in [2.05, 4.69) is 4.90 Å². The molecule has 0 bridgehead atoms. The van der Waals surface area contributed by atoms with Gasteiger partial charge in [0, 0.05) is 31.4 Å². The van der Waals surface area contributed by atoms with E-state index >= 15 is 0 Å². The first-order valence-electron chi connectivity index (χ1n) is 7.18. The van der Waals surface area contributed by atoms with Crippen molar-refractivity contribution in [2.45, 2.75) is 25.6 Å². The summed E-state index contributed by atoms with van der Waals surface area (Å²) in [7, 11) is 1.99. The SMILES string of the molecule is CC1CN(C)CCN1c1ccc(CCN)cc1C(F)(F)F. The molecule has 3 nitrogen and oxygen atoms in total. The van der Waals surface area contributed by atoms with Crippen LogP contribution in [0.4, 0.5) is 18.9 Å². The van der Waals surface area contributed by atoms with Gasteiger partial charge in [-0.1, -0.05) is 6.07 Å². The van der Waals surface area contributed by atoms with Crippen LogP contribution in [-0.2, 0) is 12.6 Å². The predicted molar refractivity (Wildman–Crippen MR) is 78.5 cm³/mol. The van der Waals surface area contributed by atoms with Crippen LogP contribution >= 0.6 is 0 Å². The summed E-state index contributed by atoms with van der Waals surface area (Å²) in [6, 6.07) is 4.65. The van der Waals surface area contributed by atoms with Crippen molar-refractivity contribution in [3.63, 3.8) is 0 Å². The third-order valence-electron chi connectivity index (χ3n) is 3.94. The number of hydrogen-bond acceptors (Lipinski definition) is 3. The number of anilines is 1. The van der Waals surface area contributed by atoms with Gasteiger partial charge < -0.3 is 15.5 Å². The normalized spacial score (nSPS) is 20.9. The molecule has 0 aromatic heterocycles. The van der Waals surface area contributed by atoms with Crippen LogP contribution < -0.4 is 10.6 Å². The van der Waals surface area contributed by atoms with Gasteiger partial charge in [-0.05, 0) is 44.6 Å². The monoisotopic (exact) mass is 301 g/mol. The molecule has 1 aliphatic rings. The molecule has 1 heterocycles. The summed E-state index contributed by atoms with van der Waals surface area (Å²) >= 11 is 0. The highest BCUT2D eigenvalue weighted by Crippen LogP contribution is 2.38. The van der Waals surface area contributed by atoms with Gasteiger partial charge in [0.25, 0.3) is 0 Å². The lowest BCUT2D eigenvalue weighted by atomic mass is 10.0. The van der Waals surface area contributed by atoms with Crippen molar-refractivity contribution in [1.29, 1.82) is 0 Å². The fourth-order valence-electron chi connectivity index (χ4n) is 2.88.